The van der Waals surface area contributed by atoms with Gasteiger partial charge >= 0.3 is 0 Å². The van der Waals surface area contributed by atoms with Crippen molar-refractivity contribution in [1.29, 1.82) is 5.26 Å². The van der Waals surface area contributed by atoms with Crippen LogP contribution in [-0.4, -0.2) is 14.7 Å². The molecule has 0 heterocycles. The predicted molar refractivity (Wildman–Crippen MR) is 131 cm³/mol. The highest BCUT2D eigenvalue weighted by molar-refractivity contribution is 8.04. The first-order chi connectivity index (χ1) is 14.9. The van der Waals surface area contributed by atoms with Crippen molar-refractivity contribution >= 4 is 50.6 Å². The molecule has 0 aliphatic carbocycles. The first kappa shape index (κ1) is 23.3. The number of anilines is 1. The van der Waals surface area contributed by atoms with Crippen molar-refractivity contribution < 1.29 is 8.42 Å². The lowest BCUT2D eigenvalue weighted by Crippen LogP contribution is -2.10. The summed E-state index contributed by atoms with van der Waals surface area (Å²) in [6.07, 6.45) is 1.96. The molecule has 1 N–H and O–H groups in total. The minimum atomic E-state index is -3.99. The summed E-state index contributed by atoms with van der Waals surface area (Å²) >= 11 is 8.80. The molecule has 0 saturated heterocycles. The Morgan fingerprint density at radius 1 is 1.03 bits per heavy atom. The summed E-state index contributed by atoms with van der Waals surface area (Å²) in [6, 6.07) is 24.8. The number of thioether (sulfide) groups is 2. The van der Waals surface area contributed by atoms with Crippen molar-refractivity contribution in [3.05, 3.63) is 99.4 Å². The topological polar surface area (TPSA) is 70.0 Å². The summed E-state index contributed by atoms with van der Waals surface area (Å²) in [6.45, 7) is 0. The fourth-order valence-electron chi connectivity index (χ4n) is 2.68. The van der Waals surface area contributed by atoms with E-state index in [1.54, 1.807) is 42.1 Å². The van der Waals surface area contributed by atoms with Crippen molar-refractivity contribution in [2.45, 2.75) is 15.5 Å². The molecular weight excluding hydrogens is 468 g/mol. The third-order valence-corrected chi connectivity index (χ3v) is 8.16. The maximum absolute atomic E-state index is 13.2. The summed E-state index contributed by atoms with van der Waals surface area (Å²) in [4.78, 5) is 0.791. The molecule has 158 valence electrons. The van der Waals surface area contributed by atoms with E-state index in [-0.39, 0.29) is 14.8 Å². The van der Waals surface area contributed by atoms with E-state index in [2.05, 4.69) is 5.32 Å². The van der Waals surface area contributed by atoms with Gasteiger partial charge in [-0.15, -0.1) is 23.5 Å². The number of nitrogens with one attached hydrogen (secondary N) is 1. The Bertz CT molecular complexity index is 1220. The highest BCUT2D eigenvalue weighted by Crippen LogP contribution is 2.32. The fraction of sp³-hybridized carbons (Fsp3) is 0.0870. The Hall–Kier alpha value is -2.37. The standard InChI is InChI=1S/C23H19ClN2O2S3/c1-29-20-7-5-6-19(14-20)26-23(30-16-17-10-12-18(24)13-11-17)22(15-25)31(27,28)21-8-3-2-4-9-21/h2-14,26H,16H2,1H3. The number of allylic oxidation sites excluding steroid dienone is 1. The van der Waals surface area contributed by atoms with Gasteiger partial charge in [0.1, 0.15) is 11.1 Å². The lowest BCUT2D eigenvalue weighted by Gasteiger charge is -2.14. The zero-order valence-corrected chi connectivity index (χ0v) is 19.8. The molecule has 0 fully saturated rings. The zero-order chi connectivity index (χ0) is 22.3. The molecule has 0 aliphatic heterocycles. The van der Waals surface area contributed by atoms with Gasteiger partial charge in [-0.05, 0) is 54.3 Å². The lowest BCUT2D eigenvalue weighted by atomic mass is 10.2. The average molecular weight is 487 g/mol. The van der Waals surface area contributed by atoms with E-state index in [9.17, 15) is 13.7 Å². The van der Waals surface area contributed by atoms with Gasteiger partial charge in [0.05, 0.1) is 4.90 Å². The number of benzene rings is 3. The highest BCUT2D eigenvalue weighted by Gasteiger charge is 2.25. The van der Waals surface area contributed by atoms with Crippen molar-refractivity contribution in [3.8, 4) is 6.07 Å². The SMILES string of the molecule is CSc1cccc(NC(SCc2ccc(Cl)cc2)=C(C#N)S(=O)(=O)c2ccccc2)c1. The van der Waals surface area contributed by atoms with Crippen molar-refractivity contribution in [2.75, 3.05) is 11.6 Å². The molecule has 0 bridgehead atoms. The number of nitriles is 1. The van der Waals surface area contributed by atoms with Gasteiger partial charge in [-0.1, -0.05) is 48.0 Å². The van der Waals surface area contributed by atoms with Crippen LogP contribution in [0.1, 0.15) is 5.56 Å². The van der Waals surface area contributed by atoms with Crippen LogP contribution in [0.5, 0.6) is 0 Å². The Balaban J connectivity index is 2.03. The fourth-order valence-corrected chi connectivity index (χ4v) is 5.80. The van der Waals surface area contributed by atoms with E-state index in [1.807, 2.05) is 48.7 Å². The number of nitrogens with zero attached hydrogens (tertiary/aromatic N) is 1. The molecule has 0 aliphatic rings. The van der Waals surface area contributed by atoms with Gasteiger partial charge in [0.2, 0.25) is 9.84 Å². The Labute approximate surface area is 196 Å². The van der Waals surface area contributed by atoms with Crippen LogP contribution in [0.4, 0.5) is 5.69 Å². The summed E-state index contributed by atoms with van der Waals surface area (Å²) < 4.78 is 26.4. The third-order valence-electron chi connectivity index (χ3n) is 4.25. The Morgan fingerprint density at radius 2 is 1.74 bits per heavy atom. The van der Waals surface area contributed by atoms with E-state index < -0.39 is 9.84 Å². The van der Waals surface area contributed by atoms with E-state index in [4.69, 9.17) is 11.6 Å². The number of rotatable bonds is 8. The Morgan fingerprint density at radius 3 is 2.39 bits per heavy atom. The molecule has 0 radical (unpaired) electrons. The van der Waals surface area contributed by atoms with Crippen LogP contribution in [0.3, 0.4) is 0 Å². The molecule has 0 unspecified atom stereocenters. The number of sulfone groups is 1. The van der Waals surface area contributed by atoms with Gasteiger partial charge in [0, 0.05) is 21.4 Å². The number of hydrogen-bond acceptors (Lipinski definition) is 6. The molecule has 8 heteroatoms. The molecule has 0 aromatic heterocycles. The second kappa shape index (κ2) is 10.8. The third kappa shape index (κ3) is 6.08. The average Bonchev–Trinajstić information content (AvgIpc) is 2.79. The molecular formula is C23H19ClN2O2S3. The molecule has 3 aromatic rings. The first-order valence-corrected chi connectivity index (χ1v) is 13.2. The van der Waals surface area contributed by atoms with Gasteiger partial charge in [0.15, 0.2) is 4.91 Å². The molecule has 3 aromatic carbocycles. The van der Waals surface area contributed by atoms with Crippen LogP contribution in [0.15, 0.2) is 98.6 Å². The van der Waals surface area contributed by atoms with Crippen molar-refractivity contribution in [3.63, 3.8) is 0 Å². The van der Waals surface area contributed by atoms with Gasteiger partial charge in [-0.3, -0.25) is 0 Å². The first-order valence-electron chi connectivity index (χ1n) is 9.17. The summed E-state index contributed by atoms with van der Waals surface area (Å²) in [5.41, 5.74) is 1.67. The predicted octanol–water partition coefficient (Wildman–Crippen LogP) is 6.57. The molecule has 4 nitrogen and oxygen atoms in total. The normalized spacial score (nSPS) is 12.0. The Kier molecular flexibility index (Phi) is 8.10. The quantitative estimate of drug-likeness (QED) is 0.286. The monoisotopic (exact) mass is 486 g/mol. The molecule has 0 atom stereocenters. The molecule has 0 amide bonds. The maximum Gasteiger partial charge on any atom is 0.219 e. The minimum absolute atomic E-state index is 0.0795. The van der Waals surface area contributed by atoms with Gasteiger partial charge in [-0.25, -0.2) is 8.42 Å². The number of hydrogen-bond donors (Lipinski definition) is 1. The summed E-state index contributed by atoms with van der Waals surface area (Å²) in [5.74, 6) is 0.469. The van der Waals surface area contributed by atoms with E-state index in [0.717, 1.165) is 10.5 Å². The molecule has 3 rings (SSSR count). The maximum atomic E-state index is 13.2. The molecule has 0 saturated carbocycles. The van der Waals surface area contributed by atoms with Gasteiger partial charge in [-0.2, -0.15) is 5.26 Å². The van der Waals surface area contributed by atoms with E-state index >= 15 is 0 Å². The molecule has 0 spiro atoms. The van der Waals surface area contributed by atoms with Crippen molar-refractivity contribution in [2.24, 2.45) is 0 Å². The second-order valence-electron chi connectivity index (χ2n) is 6.36. The zero-order valence-electron chi connectivity index (χ0n) is 16.6. The summed E-state index contributed by atoms with van der Waals surface area (Å²) in [5, 5.41) is 13.9. The van der Waals surface area contributed by atoms with Crippen LogP contribution >= 0.6 is 35.1 Å². The highest BCUT2D eigenvalue weighted by atomic mass is 35.5. The van der Waals surface area contributed by atoms with Crippen LogP contribution in [-0.2, 0) is 15.6 Å². The summed E-state index contributed by atoms with van der Waals surface area (Å²) in [7, 11) is -3.99. The van der Waals surface area contributed by atoms with Crippen molar-refractivity contribution in [1.82, 2.24) is 0 Å². The second-order valence-corrected chi connectivity index (χ2v) is 10.5. The lowest BCUT2D eigenvalue weighted by molar-refractivity contribution is 0.603. The van der Waals surface area contributed by atoms with Crippen LogP contribution < -0.4 is 5.32 Å². The number of halogens is 1. The smallest absolute Gasteiger partial charge is 0.219 e. The van der Waals surface area contributed by atoms with E-state index in [1.165, 1.54) is 23.9 Å². The van der Waals surface area contributed by atoms with E-state index in [0.29, 0.717) is 16.5 Å². The van der Waals surface area contributed by atoms with Crippen LogP contribution in [0.2, 0.25) is 5.02 Å². The van der Waals surface area contributed by atoms with Gasteiger partial charge in [0.25, 0.3) is 0 Å². The van der Waals surface area contributed by atoms with Crippen LogP contribution in [0.25, 0.3) is 0 Å². The van der Waals surface area contributed by atoms with Gasteiger partial charge < -0.3 is 5.32 Å². The largest absolute Gasteiger partial charge is 0.349 e. The minimum Gasteiger partial charge on any atom is -0.349 e. The van der Waals surface area contributed by atoms with Crippen LogP contribution in [0, 0.1) is 11.3 Å². The molecule has 31 heavy (non-hydrogen) atoms.